The van der Waals surface area contributed by atoms with Gasteiger partial charge in [0.15, 0.2) is 0 Å². The quantitative estimate of drug-likeness (QED) is 0.674. The fourth-order valence-corrected chi connectivity index (χ4v) is 1.53. The number of nitrogens with zero attached hydrogens (tertiary/aromatic N) is 1. The third-order valence-electron chi connectivity index (χ3n) is 2.24. The van der Waals surface area contributed by atoms with Crippen molar-refractivity contribution in [1.82, 2.24) is 0 Å². The molecule has 0 spiro atoms. The molecule has 2 heteroatoms. The summed E-state index contributed by atoms with van der Waals surface area (Å²) in [6, 6.07) is 5.33. The van der Waals surface area contributed by atoms with Crippen molar-refractivity contribution in [3.63, 3.8) is 0 Å². The van der Waals surface area contributed by atoms with Crippen molar-refractivity contribution in [3.8, 4) is 5.75 Å². The molecule has 0 saturated carbocycles. The van der Waals surface area contributed by atoms with Gasteiger partial charge in [0.2, 0.25) is 0 Å². The molecular weight excluding hydrogens is 150 g/mol. The van der Waals surface area contributed by atoms with Gasteiger partial charge in [0, 0.05) is 12.1 Å². The highest BCUT2D eigenvalue weighted by Crippen LogP contribution is 2.35. The van der Waals surface area contributed by atoms with Crippen LogP contribution in [0.5, 0.6) is 5.75 Å². The first-order chi connectivity index (χ1) is 5.81. The van der Waals surface area contributed by atoms with Crippen molar-refractivity contribution < 1.29 is 5.11 Å². The zero-order valence-corrected chi connectivity index (χ0v) is 6.99. The van der Waals surface area contributed by atoms with Crippen LogP contribution in [0.25, 0.3) is 0 Å². The van der Waals surface area contributed by atoms with E-state index in [-0.39, 0.29) is 0 Å². The van der Waals surface area contributed by atoms with Crippen molar-refractivity contribution >= 4 is 11.9 Å². The van der Waals surface area contributed by atoms with E-state index in [2.05, 4.69) is 11.9 Å². The Balaban J connectivity index is 2.48. The first kappa shape index (κ1) is 7.35. The summed E-state index contributed by atoms with van der Waals surface area (Å²) in [5, 5.41) is 9.25. The van der Waals surface area contributed by atoms with Crippen molar-refractivity contribution in [2.45, 2.75) is 19.3 Å². The SMILES string of the molecule is CCC1C=Nc2ccc(O)cc21. The van der Waals surface area contributed by atoms with Crippen LogP contribution in [-0.2, 0) is 0 Å². The Morgan fingerprint density at radius 2 is 2.33 bits per heavy atom. The summed E-state index contributed by atoms with van der Waals surface area (Å²) in [5.41, 5.74) is 2.15. The highest BCUT2D eigenvalue weighted by Gasteiger charge is 2.16. The van der Waals surface area contributed by atoms with E-state index in [4.69, 9.17) is 0 Å². The van der Waals surface area contributed by atoms with Gasteiger partial charge in [-0.3, -0.25) is 4.99 Å². The van der Waals surface area contributed by atoms with Gasteiger partial charge in [-0.15, -0.1) is 0 Å². The highest BCUT2D eigenvalue weighted by molar-refractivity contribution is 5.80. The fourth-order valence-electron chi connectivity index (χ4n) is 1.53. The number of fused-ring (bicyclic) bond motifs is 1. The number of hydrogen-bond acceptors (Lipinski definition) is 2. The minimum atomic E-state index is 0.331. The zero-order chi connectivity index (χ0) is 8.55. The predicted octanol–water partition coefficient (Wildman–Crippen LogP) is 2.60. The number of hydrogen-bond donors (Lipinski definition) is 1. The van der Waals surface area contributed by atoms with Gasteiger partial charge in [0.1, 0.15) is 5.75 Å². The van der Waals surface area contributed by atoms with Crippen LogP contribution in [0.15, 0.2) is 23.2 Å². The minimum Gasteiger partial charge on any atom is -0.508 e. The molecule has 12 heavy (non-hydrogen) atoms. The maximum atomic E-state index is 9.25. The summed E-state index contributed by atoms with van der Waals surface area (Å²) in [7, 11) is 0. The first-order valence-corrected chi connectivity index (χ1v) is 4.18. The van der Waals surface area contributed by atoms with Gasteiger partial charge >= 0.3 is 0 Å². The second kappa shape index (κ2) is 2.63. The third kappa shape index (κ3) is 0.998. The minimum absolute atomic E-state index is 0.331. The van der Waals surface area contributed by atoms with E-state index in [1.165, 1.54) is 0 Å². The number of aliphatic imine (C=N–C) groups is 1. The smallest absolute Gasteiger partial charge is 0.116 e. The maximum Gasteiger partial charge on any atom is 0.116 e. The van der Waals surface area contributed by atoms with Gasteiger partial charge in [-0.25, -0.2) is 0 Å². The highest BCUT2D eigenvalue weighted by atomic mass is 16.3. The number of benzene rings is 1. The molecule has 1 heterocycles. The van der Waals surface area contributed by atoms with Crippen LogP contribution in [0.3, 0.4) is 0 Å². The van der Waals surface area contributed by atoms with Crippen LogP contribution >= 0.6 is 0 Å². The standard InChI is InChI=1S/C10H11NO/c1-2-7-6-11-10-4-3-8(12)5-9(7)10/h3-7,12H,2H2,1H3. The van der Waals surface area contributed by atoms with Gasteiger partial charge in [0.05, 0.1) is 5.69 Å². The van der Waals surface area contributed by atoms with Crippen LogP contribution in [-0.4, -0.2) is 11.3 Å². The average molecular weight is 161 g/mol. The molecule has 1 aromatic rings. The molecule has 0 aromatic heterocycles. The number of phenols is 1. The van der Waals surface area contributed by atoms with Gasteiger partial charge in [-0.1, -0.05) is 6.92 Å². The van der Waals surface area contributed by atoms with E-state index >= 15 is 0 Å². The molecule has 0 amide bonds. The van der Waals surface area contributed by atoms with E-state index in [9.17, 15) is 5.11 Å². The molecule has 0 fully saturated rings. The normalized spacial score (nSPS) is 19.6. The summed E-state index contributed by atoms with van der Waals surface area (Å²) in [6.07, 6.45) is 2.99. The summed E-state index contributed by atoms with van der Waals surface area (Å²) in [4.78, 5) is 4.26. The van der Waals surface area contributed by atoms with E-state index in [0.717, 1.165) is 17.7 Å². The van der Waals surface area contributed by atoms with Crippen LogP contribution < -0.4 is 0 Å². The van der Waals surface area contributed by atoms with Crippen LogP contribution in [0.4, 0.5) is 5.69 Å². The van der Waals surface area contributed by atoms with Gasteiger partial charge in [-0.2, -0.15) is 0 Å². The molecule has 0 aliphatic carbocycles. The zero-order valence-electron chi connectivity index (χ0n) is 6.99. The molecule has 0 bridgehead atoms. The Hall–Kier alpha value is -1.31. The molecule has 1 unspecified atom stereocenters. The maximum absolute atomic E-state index is 9.25. The molecule has 2 nitrogen and oxygen atoms in total. The largest absolute Gasteiger partial charge is 0.508 e. The second-order valence-corrected chi connectivity index (χ2v) is 3.04. The number of aromatic hydroxyl groups is 1. The Kier molecular flexibility index (Phi) is 1.61. The topological polar surface area (TPSA) is 32.6 Å². The molecular formula is C10H11NO. The van der Waals surface area contributed by atoms with E-state index in [1.807, 2.05) is 12.3 Å². The summed E-state index contributed by atoms with van der Waals surface area (Å²) >= 11 is 0. The lowest BCUT2D eigenvalue weighted by Crippen LogP contribution is -1.92. The lowest BCUT2D eigenvalue weighted by atomic mass is 9.99. The molecule has 1 aliphatic heterocycles. The third-order valence-corrected chi connectivity index (χ3v) is 2.24. The summed E-state index contributed by atoms with van der Waals surface area (Å²) in [5.74, 6) is 0.727. The lowest BCUT2D eigenvalue weighted by molar-refractivity contribution is 0.474. The molecule has 1 N–H and O–H groups in total. The van der Waals surface area contributed by atoms with Gasteiger partial charge < -0.3 is 5.11 Å². The molecule has 2 rings (SSSR count). The Morgan fingerprint density at radius 1 is 1.50 bits per heavy atom. The average Bonchev–Trinajstić information content (AvgIpc) is 2.46. The van der Waals surface area contributed by atoms with E-state index in [0.29, 0.717) is 11.7 Å². The summed E-state index contributed by atoms with van der Waals surface area (Å²) < 4.78 is 0. The van der Waals surface area contributed by atoms with Crippen molar-refractivity contribution in [2.75, 3.05) is 0 Å². The van der Waals surface area contributed by atoms with Gasteiger partial charge in [0.25, 0.3) is 0 Å². The lowest BCUT2D eigenvalue weighted by Gasteiger charge is -2.05. The Labute approximate surface area is 71.6 Å². The predicted molar refractivity (Wildman–Crippen MR) is 49.3 cm³/mol. The monoisotopic (exact) mass is 161 g/mol. The van der Waals surface area contributed by atoms with Crippen LogP contribution in [0.2, 0.25) is 0 Å². The number of phenolic OH excluding ortho intramolecular Hbond substituents is 1. The fraction of sp³-hybridized carbons (Fsp3) is 0.300. The first-order valence-electron chi connectivity index (χ1n) is 4.18. The molecule has 1 atom stereocenters. The van der Waals surface area contributed by atoms with Crippen molar-refractivity contribution in [1.29, 1.82) is 0 Å². The Morgan fingerprint density at radius 3 is 3.08 bits per heavy atom. The van der Waals surface area contributed by atoms with Crippen LogP contribution in [0.1, 0.15) is 24.8 Å². The molecule has 0 saturated heterocycles. The van der Waals surface area contributed by atoms with Crippen LogP contribution in [0, 0.1) is 0 Å². The molecule has 62 valence electrons. The molecule has 1 aliphatic rings. The van der Waals surface area contributed by atoms with E-state index in [1.54, 1.807) is 12.1 Å². The molecule has 0 radical (unpaired) electrons. The second-order valence-electron chi connectivity index (χ2n) is 3.04. The Bertz CT molecular complexity index is 331. The summed E-state index contributed by atoms with van der Waals surface area (Å²) in [6.45, 7) is 2.12. The van der Waals surface area contributed by atoms with Crippen molar-refractivity contribution in [2.24, 2.45) is 4.99 Å². The number of rotatable bonds is 1. The van der Waals surface area contributed by atoms with Crippen molar-refractivity contribution in [3.05, 3.63) is 23.8 Å². The van der Waals surface area contributed by atoms with Gasteiger partial charge in [-0.05, 0) is 30.2 Å². The molecule has 1 aromatic carbocycles. The van der Waals surface area contributed by atoms with E-state index < -0.39 is 0 Å².